The standard InChI is InChI=1S/C9H14N2OS/c1-7(12)4-6-11-5-2-3-8(11)9(10)13/h2-3,5,7,12H,4,6H2,1H3,(H2,10,13). The fourth-order valence-electron chi connectivity index (χ4n) is 1.16. The SMILES string of the molecule is CC(O)CCn1cccc1C(N)=S. The van der Waals surface area contributed by atoms with Crippen LogP contribution in [-0.4, -0.2) is 20.8 Å². The maximum atomic E-state index is 9.10. The van der Waals surface area contributed by atoms with E-state index in [0.717, 1.165) is 12.2 Å². The number of aliphatic hydroxyl groups excluding tert-OH is 1. The van der Waals surface area contributed by atoms with Crippen LogP contribution in [0.15, 0.2) is 18.3 Å². The molecule has 72 valence electrons. The van der Waals surface area contributed by atoms with Crippen molar-refractivity contribution >= 4 is 17.2 Å². The van der Waals surface area contributed by atoms with Crippen LogP contribution in [0.3, 0.4) is 0 Å². The van der Waals surface area contributed by atoms with Crippen molar-refractivity contribution in [3.05, 3.63) is 24.0 Å². The third-order valence-corrected chi connectivity index (χ3v) is 2.08. The van der Waals surface area contributed by atoms with Gasteiger partial charge in [0.25, 0.3) is 0 Å². The molecule has 1 heterocycles. The fourth-order valence-corrected chi connectivity index (χ4v) is 1.34. The van der Waals surface area contributed by atoms with E-state index in [9.17, 15) is 0 Å². The molecule has 0 saturated heterocycles. The lowest BCUT2D eigenvalue weighted by Crippen LogP contribution is -2.16. The largest absolute Gasteiger partial charge is 0.393 e. The number of nitrogens with zero attached hydrogens (tertiary/aromatic N) is 1. The molecule has 4 heteroatoms. The van der Waals surface area contributed by atoms with Gasteiger partial charge in [0.1, 0.15) is 4.99 Å². The molecule has 1 atom stereocenters. The second-order valence-electron chi connectivity index (χ2n) is 3.09. The van der Waals surface area contributed by atoms with Crippen LogP contribution >= 0.6 is 12.2 Å². The summed E-state index contributed by atoms with van der Waals surface area (Å²) in [6, 6.07) is 3.78. The zero-order chi connectivity index (χ0) is 9.84. The second-order valence-corrected chi connectivity index (χ2v) is 3.53. The van der Waals surface area contributed by atoms with Crippen LogP contribution in [-0.2, 0) is 6.54 Å². The van der Waals surface area contributed by atoms with E-state index in [2.05, 4.69) is 0 Å². The van der Waals surface area contributed by atoms with Crippen LogP contribution < -0.4 is 5.73 Å². The van der Waals surface area contributed by atoms with Gasteiger partial charge in [-0.25, -0.2) is 0 Å². The quantitative estimate of drug-likeness (QED) is 0.707. The Morgan fingerprint density at radius 1 is 1.77 bits per heavy atom. The van der Waals surface area contributed by atoms with Gasteiger partial charge in [-0.2, -0.15) is 0 Å². The average Bonchev–Trinajstić information content (AvgIpc) is 2.47. The van der Waals surface area contributed by atoms with Crippen LogP contribution in [0.2, 0.25) is 0 Å². The van der Waals surface area contributed by atoms with Gasteiger partial charge in [0.2, 0.25) is 0 Å². The molecule has 1 rings (SSSR count). The highest BCUT2D eigenvalue weighted by atomic mass is 32.1. The summed E-state index contributed by atoms with van der Waals surface area (Å²) in [6.07, 6.45) is 2.34. The molecule has 3 N–H and O–H groups in total. The Labute approximate surface area is 83.2 Å². The lowest BCUT2D eigenvalue weighted by Gasteiger charge is -2.08. The zero-order valence-corrected chi connectivity index (χ0v) is 8.42. The van der Waals surface area contributed by atoms with Gasteiger partial charge in [-0.15, -0.1) is 0 Å². The summed E-state index contributed by atoms with van der Waals surface area (Å²) < 4.78 is 1.95. The van der Waals surface area contributed by atoms with E-state index in [1.54, 1.807) is 6.92 Å². The number of thiocarbonyl (C=S) groups is 1. The number of rotatable bonds is 4. The Morgan fingerprint density at radius 3 is 3.00 bits per heavy atom. The molecule has 0 aliphatic heterocycles. The van der Waals surface area contributed by atoms with Crippen molar-refractivity contribution in [2.45, 2.75) is 26.0 Å². The minimum Gasteiger partial charge on any atom is -0.393 e. The van der Waals surface area contributed by atoms with Crippen LogP contribution in [0, 0.1) is 0 Å². The number of aromatic nitrogens is 1. The Kier molecular flexibility index (Phi) is 3.45. The van der Waals surface area contributed by atoms with Crippen molar-refractivity contribution in [3.8, 4) is 0 Å². The lowest BCUT2D eigenvalue weighted by molar-refractivity contribution is 0.178. The van der Waals surface area contributed by atoms with Crippen LogP contribution in [0.1, 0.15) is 19.0 Å². The van der Waals surface area contributed by atoms with Crippen molar-refractivity contribution in [2.75, 3.05) is 0 Å². The Bertz CT molecular complexity index is 294. The molecular formula is C9H14N2OS. The number of aliphatic hydroxyl groups is 1. The highest BCUT2D eigenvalue weighted by molar-refractivity contribution is 7.80. The zero-order valence-electron chi connectivity index (χ0n) is 7.60. The van der Waals surface area contributed by atoms with Crippen molar-refractivity contribution in [1.82, 2.24) is 4.57 Å². The second kappa shape index (κ2) is 4.39. The van der Waals surface area contributed by atoms with Crippen molar-refractivity contribution in [2.24, 2.45) is 5.73 Å². The highest BCUT2D eigenvalue weighted by Gasteiger charge is 2.03. The normalized spacial score (nSPS) is 12.8. The average molecular weight is 198 g/mol. The highest BCUT2D eigenvalue weighted by Crippen LogP contribution is 2.04. The summed E-state index contributed by atoms with van der Waals surface area (Å²) in [5, 5.41) is 9.10. The van der Waals surface area contributed by atoms with E-state index in [1.807, 2.05) is 22.9 Å². The first-order valence-electron chi connectivity index (χ1n) is 4.24. The molecule has 0 saturated carbocycles. The molecule has 0 aromatic carbocycles. The van der Waals surface area contributed by atoms with E-state index in [4.69, 9.17) is 23.1 Å². The molecule has 0 radical (unpaired) electrons. The topological polar surface area (TPSA) is 51.2 Å². The van der Waals surface area contributed by atoms with Crippen LogP contribution in [0.4, 0.5) is 0 Å². The summed E-state index contributed by atoms with van der Waals surface area (Å²) in [6.45, 7) is 2.52. The molecular weight excluding hydrogens is 184 g/mol. The molecule has 0 fully saturated rings. The number of aryl methyl sites for hydroxylation is 1. The Morgan fingerprint density at radius 2 is 2.46 bits per heavy atom. The molecule has 1 aromatic rings. The molecule has 0 amide bonds. The van der Waals surface area contributed by atoms with Gasteiger partial charge in [0, 0.05) is 12.7 Å². The van der Waals surface area contributed by atoms with Gasteiger partial charge in [0.05, 0.1) is 11.8 Å². The van der Waals surface area contributed by atoms with Gasteiger partial charge in [-0.3, -0.25) is 0 Å². The van der Waals surface area contributed by atoms with Crippen molar-refractivity contribution in [3.63, 3.8) is 0 Å². The third kappa shape index (κ3) is 2.82. The molecule has 1 unspecified atom stereocenters. The molecule has 0 aliphatic rings. The molecule has 0 bridgehead atoms. The van der Waals surface area contributed by atoms with E-state index in [-0.39, 0.29) is 6.10 Å². The molecule has 0 aliphatic carbocycles. The summed E-state index contributed by atoms with van der Waals surface area (Å²) >= 11 is 4.88. The minimum absolute atomic E-state index is 0.290. The maximum absolute atomic E-state index is 9.10. The molecule has 13 heavy (non-hydrogen) atoms. The van der Waals surface area contributed by atoms with Crippen LogP contribution in [0.25, 0.3) is 0 Å². The first-order valence-corrected chi connectivity index (χ1v) is 4.65. The van der Waals surface area contributed by atoms with E-state index in [1.165, 1.54) is 0 Å². The Balaban J connectivity index is 2.65. The maximum Gasteiger partial charge on any atom is 0.120 e. The summed E-state index contributed by atoms with van der Waals surface area (Å²) in [5.74, 6) is 0. The number of hydrogen-bond acceptors (Lipinski definition) is 2. The van der Waals surface area contributed by atoms with Gasteiger partial charge in [-0.1, -0.05) is 12.2 Å². The monoisotopic (exact) mass is 198 g/mol. The van der Waals surface area contributed by atoms with E-state index < -0.39 is 0 Å². The predicted molar refractivity (Wildman–Crippen MR) is 56.6 cm³/mol. The van der Waals surface area contributed by atoms with Gasteiger partial charge < -0.3 is 15.4 Å². The lowest BCUT2D eigenvalue weighted by atomic mass is 10.3. The van der Waals surface area contributed by atoms with E-state index in [0.29, 0.717) is 11.4 Å². The first kappa shape index (κ1) is 10.2. The molecule has 1 aromatic heterocycles. The number of nitrogens with two attached hydrogens (primary N) is 1. The summed E-state index contributed by atoms with van der Waals surface area (Å²) in [5.41, 5.74) is 6.37. The van der Waals surface area contributed by atoms with Gasteiger partial charge >= 0.3 is 0 Å². The number of hydrogen-bond donors (Lipinski definition) is 2. The summed E-state index contributed by atoms with van der Waals surface area (Å²) in [7, 11) is 0. The van der Waals surface area contributed by atoms with Crippen molar-refractivity contribution < 1.29 is 5.11 Å². The predicted octanol–water partition coefficient (Wildman–Crippen LogP) is 0.893. The van der Waals surface area contributed by atoms with Crippen molar-refractivity contribution in [1.29, 1.82) is 0 Å². The smallest absolute Gasteiger partial charge is 0.120 e. The third-order valence-electron chi connectivity index (χ3n) is 1.87. The Hall–Kier alpha value is -0.870. The van der Waals surface area contributed by atoms with Gasteiger partial charge in [0.15, 0.2) is 0 Å². The minimum atomic E-state index is -0.290. The fraction of sp³-hybridized carbons (Fsp3) is 0.444. The molecule has 0 spiro atoms. The van der Waals surface area contributed by atoms with E-state index >= 15 is 0 Å². The summed E-state index contributed by atoms with van der Waals surface area (Å²) in [4.78, 5) is 0.399. The molecule has 3 nitrogen and oxygen atoms in total. The first-order chi connectivity index (χ1) is 6.11. The van der Waals surface area contributed by atoms with Gasteiger partial charge in [-0.05, 0) is 25.5 Å². The van der Waals surface area contributed by atoms with Crippen LogP contribution in [0.5, 0.6) is 0 Å².